The summed E-state index contributed by atoms with van der Waals surface area (Å²) in [6.07, 6.45) is 0. The van der Waals surface area contributed by atoms with Crippen molar-refractivity contribution in [1.82, 2.24) is 0 Å². The third-order valence-electron chi connectivity index (χ3n) is 0.149. The van der Waals surface area contributed by atoms with E-state index >= 15 is 0 Å². The second-order valence-electron chi connectivity index (χ2n) is 0.406. The van der Waals surface area contributed by atoms with Crippen molar-refractivity contribution in [2.75, 3.05) is 7.11 Å². The van der Waals surface area contributed by atoms with Crippen LogP contribution in [0.5, 0.6) is 0 Å². The van der Waals surface area contributed by atoms with Gasteiger partial charge in [-0.25, -0.2) is 0 Å². The van der Waals surface area contributed by atoms with Crippen LogP contribution in [-0.2, 0) is 4.52 Å². The van der Waals surface area contributed by atoms with Crippen LogP contribution in [-0.4, -0.2) is 53.2 Å². The number of hydrogen-bond donors (Lipinski definition) is 0. The zero-order valence-corrected chi connectivity index (χ0v) is 10.1. The fourth-order valence-corrected chi connectivity index (χ4v) is 0. The Morgan fingerprint density at radius 1 is 1.11 bits per heavy atom. The fourth-order valence-electron chi connectivity index (χ4n) is 0. The van der Waals surface area contributed by atoms with Crippen LogP contribution in [0, 0.1) is 0 Å². The van der Waals surface area contributed by atoms with Gasteiger partial charge in [0.05, 0.1) is 0 Å². The molecule has 0 amide bonds. The fraction of sp³-hybridized carbons (Fsp3) is 1.00. The van der Waals surface area contributed by atoms with Gasteiger partial charge in [0.2, 0.25) is 0 Å². The topological polar surface area (TPSA) is 55.3 Å². The molecule has 0 unspecified atom stereocenters. The molecular formula is CH3Cl2Mg2O3P. The summed E-state index contributed by atoms with van der Waals surface area (Å²) in [5.74, 6) is 0. The first-order valence-corrected chi connectivity index (χ1v) is 2.05. The van der Waals surface area contributed by atoms with Crippen LogP contribution in [0.2, 0.25) is 0 Å². The van der Waals surface area contributed by atoms with Gasteiger partial charge in [0.15, 0.2) is 0 Å². The Labute approximate surface area is 100 Å². The molecule has 0 spiro atoms. The molecule has 0 saturated heterocycles. The molecule has 0 aromatic rings. The SMILES string of the molecule is COP([O-])[O-].[Cl-].[Cl-].[Mg+2].[Mg+2]. The molecule has 3 nitrogen and oxygen atoms in total. The van der Waals surface area contributed by atoms with Gasteiger partial charge in [-0.1, -0.05) is 0 Å². The van der Waals surface area contributed by atoms with Crippen molar-refractivity contribution in [3.63, 3.8) is 0 Å². The summed E-state index contributed by atoms with van der Waals surface area (Å²) in [5.41, 5.74) is 0. The number of halogens is 2. The minimum absolute atomic E-state index is 0. The van der Waals surface area contributed by atoms with Crippen LogP contribution >= 0.6 is 8.60 Å². The van der Waals surface area contributed by atoms with Gasteiger partial charge in [-0.05, 0) is 0 Å². The minimum atomic E-state index is -2.60. The first-order chi connectivity index (χ1) is 2.27. The summed E-state index contributed by atoms with van der Waals surface area (Å²) in [7, 11) is -1.50. The molecule has 0 bridgehead atoms. The van der Waals surface area contributed by atoms with Gasteiger partial charge in [0.25, 0.3) is 0 Å². The Hall–Kier alpha value is 2.42. The van der Waals surface area contributed by atoms with E-state index in [-0.39, 0.29) is 70.9 Å². The van der Waals surface area contributed by atoms with E-state index in [1.807, 2.05) is 0 Å². The summed E-state index contributed by atoms with van der Waals surface area (Å²) in [6, 6.07) is 0. The molecule has 0 aliphatic rings. The summed E-state index contributed by atoms with van der Waals surface area (Å²) in [5, 5.41) is 0. The number of hydrogen-bond acceptors (Lipinski definition) is 3. The predicted molar refractivity (Wildman–Crippen MR) is 25.4 cm³/mol. The summed E-state index contributed by atoms with van der Waals surface area (Å²) < 4.78 is 3.70. The molecule has 0 N–H and O–H groups in total. The Morgan fingerprint density at radius 2 is 1.22 bits per heavy atom. The largest absolute Gasteiger partial charge is 2.00 e. The average Bonchev–Trinajstić information content (AvgIpc) is 1.38. The molecule has 0 atom stereocenters. The van der Waals surface area contributed by atoms with Crippen molar-refractivity contribution in [2.45, 2.75) is 0 Å². The third-order valence-corrected chi connectivity index (χ3v) is 0.447. The third kappa shape index (κ3) is 37.8. The molecule has 0 aliphatic heterocycles. The Kier molecular flexibility index (Phi) is 75.0. The molecular weight excluding hydrogens is 210 g/mol. The van der Waals surface area contributed by atoms with Crippen molar-refractivity contribution in [2.24, 2.45) is 0 Å². The zero-order chi connectivity index (χ0) is 4.28. The Balaban J connectivity index is -0.0000000133. The maximum absolute atomic E-state index is 9.18. The van der Waals surface area contributed by atoms with Crippen molar-refractivity contribution in [3.8, 4) is 0 Å². The van der Waals surface area contributed by atoms with Gasteiger partial charge in [-0.2, -0.15) is 8.60 Å². The standard InChI is InChI=1S/CH3O3P.2ClH.2Mg/c1-4-5(2)3;;;;/h1H3;2*1H;;/q-2;;;2*+2/p-2. The van der Waals surface area contributed by atoms with Crippen LogP contribution in [0.25, 0.3) is 0 Å². The average molecular weight is 214 g/mol. The van der Waals surface area contributed by atoms with E-state index in [1.165, 1.54) is 0 Å². The molecule has 0 rings (SSSR count). The van der Waals surface area contributed by atoms with E-state index in [4.69, 9.17) is 0 Å². The predicted octanol–water partition coefficient (Wildman–Crippen LogP) is -8.17. The van der Waals surface area contributed by atoms with E-state index in [1.54, 1.807) is 0 Å². The van der Waals surface area contributed by atoms with Crippen molar-refractivity contribution < 1.29 is 39.1 Å². The van der Waals surface area contributed by atoms with E-state index < -0.39 is 8.60 Å². The van der Waals surface area contributed by atoms with Crippen molar-refractivity contribution in [3.05, 3.63) is 0 Å². The van der Waals surface area contributed by atoms with Crippen LogP contribution in [0.3, 0.4) is 0 Å². The minimum Gasteiger partial charge on any atom is -1.00 e. The number of rotatable bonds is 1. The summed E-state index contributed by atoms with van der Waals surface area (Å²) in [4.78, 5) is 18.4. The first kappa shape index (κ1) is 30.1. The molecule has 0 radical (unpaired) electrons. The second kappa shape index (κ2) is 22.4. The van der Waals surface area contributed by atoms with Gasteiger partial charge in [-0.15, -0.1) is 0 Å². The van der Waals surface area contributed by atoms with E-state index in [0.29, 0.717) is 0 Å². The van der Waals surface area contributed by atoms with Crippen LogP contribution < -0.4 is 34.6 Å². The maximum Gasteiger partial charge on any atom is 2.00 e. The Morgan fingerprint density at radius 3 is 1.22 bits per heavy atom. The summed E-state index contributed by atoms with van der Waals surface area (Å²) >= 11 is 0. The molecule has 48 valence electrons. The monoisotopic (exact) mass is 212 g/mol. The second-order valence-corrected chi connectivity index (χ2v) is 1.22. The molecule has 0 aromatic heterocycles. The van der Waals surface area contributed by atoms with Crippen molar-refractivity contribution >= 4 is 54.7 Å². The normalized spacial score (nSPS) is 5.33. The van der Waals surface area contributed by atoms with E-state index in [2.05, 4.69) is 4.52 Å². The van der Waals surface area contributed by atoms with Gasteiger partial charge in [-0.3, -0.25) is 0 Å². The maximum atomic E-state index is 9.18. The Bertz CT molecular complexity index is 33.8. The molecule has 9 heavy (non-hydrogen) atoms. The van der Waals surface area contributed by atoms with Crippen LogP contribution in [0.4, 0.5) is 0 Å². The smallest absolute Gasteiger partial charge is 1.00 e. The molecule has 0 heterocycles. The van der Waals surface area contributed by atoms with E-state index in [0.717, 1.165) is 7.11 Å². The van der Waals surface area contributed by atoms with Gasteiger partial charge in [0, 0.05) is 7.11 Å². The zero-order valence-electron chi connectivity index (χ0n) is 4.84. The quantitative estimate of drug-likeness (QED) is 0.321. The molecule has 0 saturated carbocycles. The van der Waals surface area contributed by atoms with Gasteiger partial charge < -0.3 is 39.1 Å². The van der Waals surface area contributed by atoms with Crippen LogP contribution in [0.15, 0.2) is 0 Å². The molecule has 0 aromatic carbocycles. The molecule has 0 aliphatic carbocycles. The van der Waals surface area contributed by atoms with Crippen LogP contribution in [0.1, 0.15) is 0 Å². The first-order valence-electron chi connectivity index (χ1n) is 0.956. The summed E-state index contributed by atoms with van der Waals surface area (Å²) in [6.45, 7) is 0. The van der Waals surface area contributed by atoms with E-state index in [9.17, 15) is 9.79 Å². The van der Waals surface area contributed by atoms with Gasteiger partial charge >= 0.3 is 46.1 Å². The molecule has 8 heteroatoms. The van der Waals surface area contributed by atoms with Crippen molar-refractivity contribution in [1.29, 1.82) is 0 Å². The molecule has 0 fully saturated rings. The van der Waals surface area contributed by atoms with Gasteiger partial charge in [0.1, 0.15) is 0 Å².